The zero-order chi connectivity index (χ0) is 20.9. The fraction of sp³-hybridized carbons (Fsp3) is 0.0741. The second-order valence-corrected chi connectivity index (χ2v) is 7.12. The predicted molar refractivity (Wildman–Crippen MR) is 119 cm³/mol. The molecule has 0 aliphatic heterocycles. The van der Waals surface area contributed by atoms with Crippen molar-refractivity contribution in [3.8, 4) is 11.8 Å². The summed E-state index contributed by atoms with van der Waals surface area (Å²) in [7, 11) is 0. The summed E-state index contributed by atoms with van der Waals surface area (Å²) >= 11 is 0. The molecule has 0 atom stereocenters. The first-order chi connectivity index (χ1) is 14.7. The quantitative estimate of drug-likeness (QED) is 0.272. The van der Waals surface area contributed by atoms with Crippen molar-refractivity contribution in [1.82, 2.24) is 0 Å². The van der Waals surface area contributed by atoms with Crippen molar-refractivity contribution >= 4 is 22.4 Å². The van der Waals surface area contributed by atoms with E-state index in [1.807, 2.05) is 67.6 Å². The SMILES string of the molecule is Cc1ccc(COc2ccc3ccccc3c2C=C(C#N)c2ccccc2F)cc1. The van der Waals surface area contributed by atoms with Gasteiger partial charge in [-0.25, -0.2) is 4.39 Å². The van der Waals surface area contributed by atoms with Crippen LogP contribution in [0.25, 0.3) is 22.4 Å². The van der Waals surface area contributed by atoms with Gasteiger partial charge in [0.2, 0.25) is 0 Å². The number of nitrogens with zero attached hydrogens (tertiary/aromatic N) is 1. The molecule has 0 heterocycles. The number of aryl methyl sites for hydroxylation is 1. The minimum Gasteiger partial charge on any atom is -0.488 e. The first-order valence-electron chi connectivity index (χ1n) is 9.72. The zero-order valence-electron chi connectivity index (χ0n) is 16.6. The van der Waals surface area contributed by atoms with Gasteiger partial charge < -0.3 is 4.74 Å². The Bertz CT molecular complexity index is 1270. The van der Waals surface area contributed by atoms with Crippen LogP contribution in [-0.4, -0.2) is 0 Å². The van der Waals surface area contributed by atoms with E-state index >= 15 is 0 Å². The van der Waals surface area contributed by atoms with Crippen molar-refractivity contribution in [3.63, 3.8) is 0 Å². The van der Waals surface area contributed by atoms with Crippen molar-refractivity contribution in [3.05, 3.63) is 113 Å². The number of allylic oxidation sites excluding steroid dienone is 1. The van der Waals surface area contributed by atoms with Gasteiger partial charge in [0.1, 0.15) is 18.2 Å². The van der Waals surface area contributed by atoms with Crippen LogP contribution in [0.3, 0.4) is 0 Å². The highest BCUT2D eigenvalue weighted by Gasteiger charge is 2.12. The summed E-state index contributed by atoms with van der Waals surface area (Å²) in [5.74, 6) is 0.228. The van der Waals surface area contributed by atoms with E-state index in [-0.39, 0.29) is 11.1 Å². The molecule has 30 heavy (non-hydrogen) atoms. The van der Waals surface area contributed by atoms with E-state index in [9.17, 15) is 9.65 Å². The summed E-state index contributed by atoms with van der Waals surface area (Å²) < 4.78 is 20.5. The molecule has 2 nitrogen and oxygen atoms in total. The molecule has 0 bridgehead atoms. The fourth-order valence-corrected chi connectivity index (χ4v) is 3.39. The van der Waals surface area contributed by atoms with E-state index in [1.165, 1.54) is 11.6 Å². The Hall–Kier alpha value is -3.90. The Morgan fingerprint density at radius 3 is 2.43 bits per heavy atom. The summed E-state index contributed by atoms with van der Waals surface area (Å²) in [5, 5.41) is 11.7. The van der Waals surface area contributed by atoms with Gasteiger partial charge in [0.25, 0.3) is 0 Å². The number of nitriles is 1. The minimum atomic E-state index is -0.423. The lowest BCUT2D eigenvalue weighted by molar-refractivity contribution is 0.306. The smallest absolute Gasteiger partial charge is 0.131 e. The van der Waals surface area contributed by atoms with Gasteiger partial charge in [-0.15, -0.1) is 0 Å². The first-order valence-corrected chi connectivity index (χ1v) is 9.72. The lowest BCUT2D eigenvalue weighted by Gasteiger charge is -2.13. The predicted octanol–water partition coefficient (Wildman–Crippen LogP) is 6.93. The molecule has 0 fully saturated rings. The maximum absolute atomic E-state index is 14.3. The van der Waals surface area contributed by atoms with Gasteiger partial charge in [-0.3, -0.25) is 0 Å². The van der Waals surface area contributed by atoms with E-state index in [2.05, 4.69) is 6.07 Å². The van der Waals surface area contributed by atoms with Crippen molar-refractivity contribution < 1.29 is 9.13 Å². The maximum Gasteiger partial charge on any atom is 0.131 e. The highest BCUT2D eigenvalue weighted by atomic mass is 19.1. The number of hydrogen-bond donors (Lipinski definition) is 0. The standard InChI is InChI=1S/C27H20FNO/c1-19-10-12-20(13-11-19)18-30-27-15-14-21-6-2-3-7-23(21)25(27)16-22(17-29)24-8-4-5-9-26(24)28/h2-16H,18H2,1H3. The first kappa shape index (κ1) is 19.4. The average Bonchev–Trinajstić information content (AvgIpc) is 2.78. The van der Waals surface area contributed by atoms with Crippen LogP contribution >= 0.6 is 0 Å². The molecule has 0 spiro atoms. The summed E-state index contributed by atoms with van der Waals surface area (Å²) in [6, 6.07) is 28.4. The number of halogens is 1. The van der Waals surface area contributed by atoms with Crippen LogP contribution in [0.5, 0.6) is 5.75 Å². The second kappa shape index (κ2) is 8.63. The highest BCUT2D eigenvalue weighted by Crippen LogP contribution is 2.33. The van der Waals surface area contributed by atoms with Gasteiger partial charge in [-0.2, -0.15) is 5.26 Å². The molecule has 4 rings (SSSR count). The van der Waals surface area contributed by atoms with Gasteiger partial charge in [0.05, 0.1) is 11.6 Å². The summed E-state index contributed by atoms with van der Waals surface area (Å²) in [4.78, 5) is 0. The van der Waals surface area contributed by atoms with Gasteiger partial charge in [-0.1, -0.05) is 78.4 Å². The van der Waals surface area contributed by atoms with Gasteiger partial charge in [0, 0.05) is 11.1 Å². The third-order valence-corrected chi connectivity index (χ3v) is 5.02. The van der Waals surface area contributed by atoms with Gasteiger partial charge in [-0.05, 0) is 41.5 Å². The van der Waals surface area contributed by atoms with Crippen LogP contribution in [0.4, 0.5) is 4.39 Å². The molecule has 3 heteroatoms. The number of benzene rings is 4. The van der Waals surface area contributed by atoms with Crippen molar-refractivity contribution in [1.29, 1.82) is 5.26 Å². The summed E-state index contributed by atoms with van der Waals surface area (Å²) in [6.07, 6.45) is 1.71. The van der Waals surface area contributed by atoms with Gasteiger partial charge in [0.15, 0.2) is 0 Å². The second-order valence-electron chi connectivity index (χ2n) is 7.12. The largest absolute Gasteiger partial charge is 0.488 e. The van der Waals surface area contributed by atoms with Crippen LogP contribution in [0.2, 0.25) is 0 Å². The Morgan fingerprint density at radius 2 is 1.67 bits per heavy atom. The number of hydrogen-bond acceptors (Lipinski definition) is 2. The van der Waals surface area contributed by atoms with Crippen LogP contribution in [0, 0.1) is 24.1 Å². The van der Waals surface area contributed by atoms with Crippen LogP contribution < -0.4 is 4.74 Å². The topological polar surface area (TPSA) is 33.0 Å². The van der Waals surface area contributed by atoms with E-state index in [0.717, 1.165) is 21.9 Å². The normalized spacial score (nSPS) is 11.3. The molecule has 146 valence electrons. The summed E-state index contributed by atoms with van der Waals surface area (Å²) in [6.45, 7) is 2.45. The Kier molecular flexibility index (Phi) is 5.59. The Morgan fingerprint density at radius 1 is 0.933 bits per heavy atom. The number of fused-ring (bicyclic) bond motifs is 1. The average molecular weight is 393 g/mol. The lowest BCUT2D eigenvalue weighted by Crippen LogP contribution is -1.98. The maximum atomic E-state index is 14.3. The monoisotopic (exact) mass is 393 g/mol. The zero-order valence-corrected chi connectivity index (χ0v) is 16.6. The molecule has 0 aromatic heterocycles. The van der Waals surface area contributed by atoms with E-state index in [0.29, 0.717) is 12.4 Å². The number of rotatable bonds is 5. The highest BCUT2D eigenvalue weighted by molar-refractivity contribution is 6.00. The third-order valence-electron chi connectivity index (χ3n) is 5.02. The summed E-state index contributed by atoms with van der Waals surface area (Å²) in [5.41, 5.74) is 3.54. The van der Waals surface area contributed by atoms with Crippen molar-refractivity contribution in [2.75, 3.05) is 0 Å². The van der Waals surface area contributed by atoms with Gasteiger partial charge >= 0.3 is 0 Å². The van der Waals surface area contributed by atoms with Crippen molar-refractivity contribution in [2.45, 2.75) is 13.5 Å². The van der Waals surface area contributed by atoms with E-state index < -0.39 is 5.82 Å². The van der Waals surface area contributed by atoms with E-state index in [1.54, 1.807) is 24.3 Å². The molecular weight excluding hydrogens is 373 g/mol. The third kappa shape index (κ3) is 4.09. The van der Waals surface area contributed by atoms with Crippen LogP contribution in [0.15, 0.2) is 84.9 Å². The lowest BCUT2D eigenvalue weighted by atomic mass is 9.98. The minimum absolute atomic E-state index is 0.254. The molecular formula is C27H20FNO. The Labute approximate surface area is 175 Å². The molecule has 0 aliphatic carbocycles. The molecule has 4 aromatic rings. The Balaban J connectivity index is 1.80. The molecule has 0 aliphatic rings. The molecule has 0 saturated heterocycles. The molecule has 0 unspecified atom stereocenters. The van der Waals surface area contributed by atoms with Crippen LogP contribution in [-0.2, 0) is 6.61 Å². The molecule has 0 N–H and O–H groups in total. The van der Waals surface area contributed by atoms with Crippen molar-refractivity contribution in [2.24, 2.45) is 0 Å². The molecule has 0 amide bonds. The van der Waals surface area contributed by atoms with Crippen LogP contribution in [0.1, 0.15) is 22.3 Å². The molecule has 0 saturated carbocycles. The van der Waals surface area contributed by atoms with E-state index in [4.69, 9.17) is 4.74 Å². The molecule has 0 radical (unpaired) electrons. The fourth-order valence-electron chi connectivity index (χ4n) is 3.39. The molecule has 4 aromatic carbocycles. The number of ether oxygens (including phenoxy) is 1.